The standard InChI is InChI=1S/C20H21ClN4O2/c1-13-20(14(2)25(24-13)16-7-5-4-6-8-16)23-19(26)12-22-15-9-10-18(27-3)17(21)11-15/h4-11,22H,12H2,1-3H3,(H,23,26). The van der Waals surface area contributed by atoms with E-state index in [0.29, 0.717) is 10.8 Å². The molecular formula is C20H21ClN4O2. The van der Waals surface area contributed by atoms with Crippen molar-refractivity contribution >= 4 is 28.9 Å². The van der Waals surface area contributed by atoms with Crippen LogP contribution in [0.5, 0.6) is 5.75 Å². The number of amides is 1. The molecule has 0 bridgehead atoms. The molecule has 0 saturated heterocycles. The van der Waals surface area contributed by atoms with Crippen LogP contribution in [-0.4, -0.2) is 29.3 Å². The molecule has 1 amide bonds. The Kier molecular flexibility index (Phi) is 5.66. The van der Waals surface area contributed by atoms with Crippen LogP contribution in [0, 0.1) is 13.8 Å². The highest BCUT2D eigenvalue weighted by molar-refractivity contribution is 6.32. The van der Waals surface area contributed by atoms with Gasteiger partial charge in [0.25, 0.3) is 0 Å². The number of anilines is 2. The molecule has 0 aliphatic carbocycles. The molecule has 0 fully saturated rings. The van der Waals surface area contributed by atoms with E-state index in [-0.39, 0.29) is 12.5 Å². The van der Waals surface area contributed by atoms with Crippen molar-refractivity contribution in [3.8, 4) is 11.4 Å². The van der Waals surface area contributed by atoms with Crippen molar-refractivity contribution in [2.75, 3.05) is 24.3 Å². The molecule has 1 aromatic heterocycles. The zero-order chi connectivity index (χ0) is 19.4. The molecule has 0 aliphatic heterocycles. The number of hydrogen-bond donors (Lipinski definition) is 2. The SMILES string of the molecule is COc1ccc(NCC(=O)Nc2c(C)nn(-c3ccccc3)c2C)cc1Cl. The number of carbonyl (C=O) groups excluding carboxylic acids is 1. The van der Waals surface area contributed by atoms with Gasteiger partial charge in [-0.1, -0.05) is 29.8 Å². The Morgan fingerprint density at radius 2 is 1.93 bits per heavy atom. The average Bonchev–Trinajstić information content (AvgIpc) is 2.95. The van der Waals surface area contributed by atoms with Gasteiger partial charge < -0.3 is 15.4 Å². The van der Waals surface area contributed by atoms with Crippen LogP contribution < -0.4 is 15.4 Å². The molecule has 0 aliphatic rings. The van der Waals surface area contributed by atoms with Gasteiger partial charge in [-0.3, -0.25) is 4.79 Å². The summed E-state index contributed by atoms with van der Waals surface area (Å²) in [5, 5.41) is 11.0. The molecular weight excluding hydrogens is 364 g/mol. The van der Waals surface area contributed by atoms with Gasteiger partial charge in [-0.05, 0) is 44.2 Å². The first-order valence-electron chi connectivity index (χ1n) is 8.48. The fourth-order valence-electron chi connectivity index (χ4n) is 2.79. The monoisotopic (exact) mass is 384 g/mol. The maximum Gasteiger partial charge on any atom is 0.243 e. The lowest BCUT2D eigenvalue weighted by atomic mass is 10.2. The number of nitrogens with one attached hydrogen (secondary N) is 2. The molecule has 0 unspecified atom stereocenters. The molecule has 0 spiro atoms. The van der Waals surface area contributed by atoms with Crippen molar-refractivity contribution in [3.63, 3.8) is 0 Å². The topological polar surface area (TPSA) is 68.2 Å². The molecule has 0 saturated carbocycles. The van der Waals surface area contributed by atoms with Crippen molar-refractivity contribution in [3.05, 3.63) is 64.9 Å². The summed E-state index contributed by atoms with van der Waals surface area (Å²) in [4.78, 5) is 12.4. The number of ether oxygens (including phenoxy) is 1. The van der Waals surface area contributed by atoms with Crippen molar-refractivity contribution in [2.45, 2.75) is 13.8 Å². The van der Waals surface area contributed by atoms with E-state index in [4.69, 9.17) is 16.3 Å². The zero-order valence-electron chi connectivity index (χ0n) is 15.4. The van der Waals surface area contributed by atoms with E-state index in [1.54, 1.807) is 19.2 Å². The maximum absolute atomic E-state index is 12.4. The van der Waals surface area contributed by atoms with Crippen molar-refractivity contribution in [1.29, 1.82) is 0 Å². The number of hydrogen-bond acceptors (Lipinski definition) is 4. The van der Waals surface area contributed by atoms with E-state index in [1.165, 1.54) is 0 Å². The Bertz CT molecular complexity index is 954. The lowest BCUT2D eigenvalue weighted by Gasteiger charge is -2.10. The number of para-hydroxylation sites is 1. The van der Waals surface area contributed by atoms with Gasteiger partial charge in [0.05, 0.1) is 41.4 Å². The number of rotatable bonds is 6. The Hall–Kier alpha value is -2.99. The summed E-state index contributed by atoms with van der Waals surface area (Å²) in [6, 6.07) is 15.1. The molecule has 7 heteroatoms. The molecule has 2 N–H and O–H groups in total. The number of aromatic nitrogens is 2. The van der Waals surface area contributed by atoms with Crippen LogP contribution in [0.25, 0.3) is 5.69 Å². The highest BCUT2D eigenvalue weighted by Crippen LogP contribution is 2.27. The van der Waals surface area contributed by atoms with Gasteiger partial charge in [-0.2, -0.15) is 5.10 Å². The lowest BCUT2D eigenvalue weighted by molar-refractivity contribution is -0.114. The van der Waals surface area contributed by atoms with Crippen molar-refractivity contribution in [1.82, 2.24) is 9.78 Å². The number of methoxy groups -OCH3 is 1. The Morgan fingerprint density at radius 1 is 1.19 bits per heavy atom. The van der Waals surface area contributed by atoms with Gasteiger partial charge in [-0.25, -0.2) is 4.68 Å². The zero-order valence-corrected chi connectivity index (χ0v) is 16.2. The average molecular weight is 385 g/mol. The first-order valence-corrected chi connectivity index (χ1v) is 8.86. The third-order valence-corrected chi connectivity index (χ3v) is 4.46. The Morgan fingerprint density at radius 3 is 2.59 bits per heavy atom. The minimum atomic E-state index is -0.166. The fourth-order valence-corrected chi connectivity index (χ4v) is 3.04. The summed E-state index contributed by atoms with van der Waals surface area (Å²) in [5.41, 5.74) is 4.05. The van der Waals surface area contributed by atoms with Crippen LogP contribution in [0.3, 0.4) is 0 Å². The second kappa shape index (κ2) is 8.14. The number of halogens is 1. The van der Waals surface area contributed by atoms with E-state index in [2.05, 4.69) is 15.7 Å². The van der Waals surface area contributed by atoms with E-state index in [9.17, 15) is 4.79 Å². The van der Waals surface area contributed by atoms with Gasteiger partial charge in [0.1, 0.15) is 5.75 Å². The lowest BCUT2D eigenvalue weighted by Crippen LogP contribution is -2.22. The minimum Gasteiger partial charge on any atom is -0.495 e. The summed E-state index contributed by atoms with van der Waals surface area (Å²) < 4.78 is 6.94. The van der Waals surface area contributed by atoms with E-state index in [0.717, 1.165) is 28.5 Å². The third kappa shape index (κ3) is 4.23. The third-order valence-electron chi connectivity index (χ3n) is 4.16. The van der Waals surface area contributed by atoms with E-state index in [1.807, 2.05) is 54.9 Å². The molecule has 0 atom stereocenters. The number of benzene rings is 2. The van der Waals surface area contributed by atoms with Crippen LogP contribution in [0.2, 0.25) is 5.02 Å². The molecule has 3 rings (SSSR count). The highest BCUT2D eigenvalue weighted by Gasteiger charge is 2.15. The minimum absolute atomic E-state index is 0.109. The Balaban J connectivity index is 1.68. The van der Waals surface area contributed by atoms with Gasteiger partial charge in [-0.15, -0.1) is 0 Å². The number of nitrogens with zero attached hydrogens (tertiary/aromatic N) is 2. The summed E-state index contributed by atoms with van der Waals surface area (Å²) in [6.07, 6.45) is 0. The molecule has 27 heavy (non-hydrogen) atoms. The van der Waals surface area contributed by atoms with Crippen LogP contribution in [0.1, 0.15) is 11.4 Å². The highest BCUT2D eigenvalue weighted by atomic mass is 35.5. The predicted molar refractivity (Wildman–Crippen MR) is 108 cm³/mol. The van der Waals surface area contributed by atoms with Crippen molar-refractivity contribution in [2.24, 2.45) is 0 Å². The Labute approximate surface area is 163 Å². The molecule has 1 heterocycles. The van der Waals surface area contributed by atoms with Crippen LogP contribution in [0.15, 0.2) is 48.5 Å². The van der Waals surface area contributed by atoms with Gasteiger partial charge >= 0.3 is 0 Å². The summed E-state index contributed by atoms with van der Waals surface area (Å²) in [6.45, 7) is 3.91. The van der Waals surface area contributed by atoms with Crippen molar-refractivity contribution < 1.29 is 9.53 Å². The summed E-state index contributed by atoms with van der Waals surface area (Å²) in [5.74, 6) is 0.423. The number of carbonyl (C=O) groups is 1. The second-order valence-electron chi connectivity index (χ2n) is 6.04. The maximum atomic E-state index is 12.4. The van der Waals surface area contributed by atoms with Crippen LogP contribution in [-0.2, 0) is 4.79 Å². The van der Waals surface area contributed by atoms with Gasteiger partial charge in [0.2, 0.25) is 5.91 Å². The summed E-state index contributed by atoms with van der Waals surface area (Å²) >= 11 is 6.10. The first kappa shape index (κ1) is 18.8. The van der Waals surface area contributed by atoms with Crippen LogP contribution >= 0.6 is 11.6 Å². The van der Waals surface area contributed by atoms with E-state index < -0.39 is 0 Å². The smallest absolute Gasteiger partial charge is 0.243 e. The molecule has 3 aromatic rings. The molecule has 2 aromatic carbocycles. The quantitative estimate of drug-likeness (QED) is 0.668. The van der Waals surface area contributed by atoms with Crippen LogP contribution in [0.4, 0.5) is 11.4 Å². The largest absolute Gasteiger partial charge is 0.495 e. The molecule has 140 valence electrons. The first-order chi connectivity index (χ1) is 13.0. The van der Waals surface area contributed by atoms with Gasteiger partial charge in [0, 0.05) is 5.69 Å². The second-order valence-corrected chi connectivity index (χ2v) is 6.45. The van der Waals surface area contributed by atoms with E-state index >= 15 is 0 Å². The summed E-state index contributed by atoms with van der Waals surface area (Å²) in [7, 11) is 1.56. The molecule has 0 radical (unpaired) electrons. The van der Waals surface area contributed by atoms with Gasteiger partial charge in [0.15, 0.2) is 0 Å². The number of aryl methyl sites for hydroxylation is 1. The normalized spacial score (nSPS) is 10.5. The predicted octanol–water partition coefficient (Wildman–Crippen LogP) is 4.20. The fraction of sp³-hybridized carbons (Fsp3) is 0.200. The molecule has 6 nitrogen and oxygen atoms in total.